The molecule has 2 heterocycles. The van der Waals surface area contributed by atoms with Gasteiger partial charge in [0.05, 0.1) is 18.1 Å². The van der Waals surface area contributed by atoms with Crippen molar-refractivity contribution in [2.24, 2.45) is 5.41 Å². The number of ether oxygens (including phenoxy) is 2. The van der Waals surface area contributed by atoms with Gasteiger partial charge in [0.1, 0.15) is 5.82 Å². The summed E-state index contributed by atoms with van der Waals surface area (Å²) in [6.07, 6.45) is 0. The average Bonchev–Trinajstić information content (AvgIpc) is 2.36. The van der Waals surface area contributed by atoms with Crippen LogP contribution in [0.1, 0.15) is 13.8 Å². The zero-order valence-electron chi connectivity index (χ0n) is 12.0. The van der Waals surface area contributed by atoms with Crippen LogP contribution in [0.2, 0.25) is 0 Å². The van der Waals surface area contributed by atoms with Crippen LogP contribution in [0.3, 0.4) is 0 Å². The molecule has 21 heavy (non-hydrogen) atoms. The number of hydrogen-bond donors (Lipinski definition) is 0. The maximum Gasteiger partial charge on any atom is 0.243 e. The molecule has 0 saturated carbocycles. The molecule has 0 bridgehead atoms. The van der Waals surface area contributed by atoms with Gasteiger partial charge in [-0.3, -0.25) is 0 Å². The highest BCUT2D eigenvalue weighted by Crippen LogP contribution is 2.40. The fourth-order valence-electron chi connectivity index (χ4n) is 2.57. The second-order valence-corrected chi connectivity index (χ2v) is 8.15. The molecule has 2 fully saturated rings. The number of sulfonamides is 1. The Balaban J connectivity index is 1.71. The average molecular weight is 315 g/mol. The van der Waals surface area contributed by atoms with Gasteiger partial charge in [-0.1, -0.05) is 6.07 Å². The van der Waals surface area contributed by atoms with Gasteiger partial charge in [-0.15, -0.1) is 0 Å². The predicted octanol–water partition coefficient (Wildman–Crippen LogP) is 1.60. The molecule has 0 aliphatic carbocycles. The normalized spacial score (nSPS) is 24.7. The minimum atomic E-state index is -3.65. The van der Waals surface area contributed by atoms with E-state index in [0.29, 0.717) is 26.3 Å². The molecule has 0 atom stereocenters. The minimum Gasteiger partial charge on any atom is -0.350 e. The van der Waals surface area contributed by atoms with Gasteiger partial charge in [0.25, 0.3) is 0 Å². The van der Waals surface area contributed by atoms with Crippen molar-refractivity contribution in [3.8, 4) is 0 Å². The molecule has 7 heteroatoms. The number of benzene rings is 1. The second kappa shape index (κ2) is 4.74. The molecule has 0 N–H and O–H groups in total. The summed E-state index contributed by atoms with van der Waals surface area (Å²) in [6, 6.07) is 5.06. The minimum absolute atomic E-state index is 0.0182. The van der Waals surface area contributed by atoms with Crippen LogP contribution in [0.15, 0.2) is 29.2 Å². The van der Waals surface area contributed by atoms with Gasteiger partial charge >= 0.3 is 0 Å². The third-order valence-corrected chi connectivity index (χ3v) is 5.70. The van der Waals surface area contributed by atoms with Crippen LogP contribution in [0, 0.1) is 11.2 Å². The summed E-state index contributed by atoms with van der Waals surface area (Å²) in [5, 5.41) is 0. The van der Waals surface area contributed by atoms with Crippen molar-refractivity contribution in [2.75, 3.05) is 26.3 Å². The van der Waals surface area contributed by atoms with Crippen LogP contribution in [0.5, 0.6) is 0 Å². The lowest BCUT2D eigenvalue weighted by molar-refractivity contribution is -0.299. The van der Waals surface area contributed by atoms with Crippen molar-refractivity contribution < 1.29 is 22.3 Å². The molecule has 1 aromatic rings. The van der Waals surface area contributed by atoms with Gasteiger partial charge in [0.2, 0.25) is 10.0 Å². The Hall–Kier alpha value is -1.02. The maximum atomic E-state index is 13.2. The van der Waals surface area contributed by atoms with E-state index >= 15 is 0 Å². The molecule has 2 aliphatic rings. The molecule has 0 radical (unpaired) electrons. The molecule has 116 valence electrons. The van der Waals surface area contributed by atoms with Crippen molar-refractivity contribution in [3.63, 3.8) is 0 Å². The first kappa shape index (κ1) is 14.9. The number of hydrogen-bond acceptors (Lipinski definition) is 4. The summed E-state index contributed by atoms with van der Waals surface area (Å²) in [6.45, 7) is 5.27. The maximum absolute atomic E-state index is 13.2. The van der Waals surface area contributed by atoms with E-state index in [2.05, 4.69) is 0 Å². The SMILES string of the molecule is CC1(C)OCC2(CO1)CN(S(=O)(=O)c1cccc(F)c1)C2. The molecule has 2 aliphatic heterocycles. The van der Waals surface area contributed by atoms with Gasteiger partial charge in [-0.25, -0.2) is 12.8 Å². The number of halogens is 1. The van der Waals surface area contributed by atoms with Crippen molar-refractivity contribution in [2.45, 2.75) is 24.5 Å². The topological polar surface area (TPSA) is 55.8 Å². The summed E-state index contributed by atoms with van der Waals surface area (Å²) < 4.78 is 50.5. The molecule has 0 aromatic heterocycles. The van der Waals surface area contributed by atoms with E-state index in [9.17, 15) is 12.8 Å². The lowest BCUT2D eigenvalue weighted by Gasteiger charge is -2.53. The standard InChI is InChI=1S/C14H18FNO4S/c1-13(2)19-9-14(10-20-13)7-16(8-14)21(17,18)12-5-3-4-11(15)6-12/h3-6H,7-10H2,1-2H3. The van der Waals surface area contributed by atoms with Crippen LogP contribution in [0.25, 0.3) is 0 Å². The molecule has 3 rings (SSSR count). The zero-order valence-corrected chi connectivity index (χ0v) is 12.8. The zero-order chi connectivity index (χ0) is 15.3. The molecular formula is C14H18FNO4S. The Kier molecular flexibility index (Phi) is 3.36. The predicted molar refractivity (Wildman–Crippen MR) is 73.6 cm³/mol. The van der Waals surface area contributed by atoms with Crippen LogP contribution in [-0.4, -0.2) is 44.8 Å². The molecule has 1 aromatic carbocycles. The smallest absolute Gasteiger partial charge is 0.243 e. The highest BCUT2D eigenvalue weighted by atomic mass is 32.2. The van der Waals surface area contributed by atoms with Crippen LogP contribution < -0.4 is 0 Å². The first-order valence-electron chi connectivity index (χ1n) is 6.76. The Morgan fingerprint density at radius 3 is 2.38 bits per heavy atom. The van der Waals surface area contributed by atoms with E-state index in [4.69, 9.17) is 9.47 Å². The van der Waals surface area contributed by atoms with Crippen molar-refractivity contribution >= 4 is 10.0 Å². The lowest BCUT2D eigenvalue weighted by atomic mass is 9.82. The highest BCUT2D eigenvalue weighted by Gasteiger charge is 2.52. The molecule has 5 nitrogen and oxygen atoms in total. The summed E-state index contributed by atoms with van der Waals surface area (Å²) in [7, 11) is -3.65. The number of rotatable bonds is 2. The summed E-state index contributed by atoms with van der Waals surface area (Å²) in [5.74, 6) is -1.18. The van der Waals surface area contributed by atoms with E-state index in [0.717, 1.165) is 6.07 Å². The van der Waals surface area contributed by atoms with Crippen molar-refractivity contribution in [1.82, 2.24) is 4.31 Å². The van der Waals surface area contributed by atoms with Crippen LogP contribution in [-0.2, 0) is 19.5 Å². The molecule has 1 spiro atoms. The van der Waals surface area contributed by atoms with Crippen molar-refractivity contribution in [3.05, 3.63) is 30.1 Å². The Bertz CT molecular complexity index is 641. The molecule has 0 amide bonds. The van der Waals surface area contributed by atoms with Crippen LogP contribution in [0.4, 0.5) is 4.39 Å². The van der Waals surface area contributed by atoms with Gasteiger partial charge in [0, 0.05) is 18.5 Å². The molecular weight excluding hydrogens is 297 g/mol. The van der Waals surface area contributed by atoms with Gasteiger partial charge < -0.3 is 9.47 Å². The first-order valence-corrected chi connectivity index (χ1v) is 8.20. The lowest BCUT2D eigenvalue weighted by Crippen LogP contribution is -2.65. The van der Waals surface area contributed by atoms with E-state index in [-0.39, 0.29) is 10.3 Å². The van der Waals surface area contributed by atoms with E-state index < -0.39 is 21.6 Å². The fourth-order valence-corrected chi connectivity index (χ4v) is 4.27. The second-order valence-electron chi connectivity index (χ2n) is 6.21. The highest BCUT2D eigenvalue weighted by molar-refractivity contribution is 7.89. The third-order valence-electron chi connectivity index (χ3n) is 3.91. The van der Waals surface area contributed by atoms with Gasteiger partial charge in [0.15, 0.2) is 5.79 Å². The third kappa shape index (κ3) is 2.70. The largest absolute Gasteiger partial charge is 0.350 e. The van der Waals surface area contributed by atoms with Gasteiger partial charge in [-0.2, -0.15) is 4.31 Å². The Morgan fingerprint density at radius 2 is 1.81 bits per heavy atom. The summed E-state index contributed by atoms with van der Waals surface area (Å²) >= 11 is 0. The first-order chi connectivity index (χ1) is 9.73. The quantitative estimate of drug-likeness (QED) is 0.832. The van der Waals surface area contributed by atoms with E-state index in [1.165, 1.54) is 22.5 Å². The Labute approximate surface area is 123 Å². The van der Waals surface area contributed by atoms with E-state index in [1.54, 1.807) is 0 Å². The van der Waals surface area contributed by atoms with Crippen molar-refractivity contribution in [1.29, 1.82) is 0 Å². The Morgan fingerprint density at radius 1 is 1.19 bits per heavy atom. The summed E-state index contributed by atoms with van der Waals surface area (Å²) in [5.41, 5.74) is -0.282. The summed E-state index contributed by atoms with van der Waals surface area (Å²) in [4.78, 5) is -0.0182. The molecule has 2 saturated heterocycles. The van der Waals surface area contributed by atoms with E-state index in [1.807, 2.05) is 13.8 Å². The monoisotopic (exact) mass is 315 g/mol. The number of nitrogens with zero attached hydrogens (tertiary/aromatic N) is 1. The molecule has 0 unspecified atom stereocenters. The fraction of sp³-hybridized carbons (Fsp3) is 0.571. The van der Waals surface area contributed by atoms with Gasteiger partial charge in [-0.05, 0) is 32.0 Å². The van der Waals surface area contributed by atoms with Crippen LogP contribution >= 0.6 is 0 Å².